The van der Waals surface area contributed by atoms with Crippen LogP contribution in [0.3, 0.4) is 0 Å². The topological polar surface area (TPSA) is 90.0 Å². The van der Waals surface area contributed by atoms with Crippen LogP contribution in [-0.4, -0.2) is 44.6 Å². The first-order chi connectivity index (χ1) is 18.3. The third-order valence-electron chi connectivity index (χ3n) is 6.05. The molecule has 1 aromatic heterocycles. The van der Waals surface area contributed by atoms with Gasteiger partial charge in [-0.2, -0.15) is 0 Å². The molecule has 8 nitrogen and oxygen atoms in total. The van der Waals surface area contributed by atoms with E-state index in [1.165, 1.54) is 33.4 Å². The van der Waals surface area contributed by atoms with Crippen LogP contribution in [0.15, 0.2) is 66.9 Å². The molecule has 0 aliphatic rings. The molecule has 3 aromatic carbocycles. The Labute approximate surface area is 220 Å². The molecule has 4 aromatic rings. The highest BCUT2D eigenvalue weighted by atomic mass is 19.1. The number of anilines is 1. The molecule has 0 bridgehead atoms. The molecule has 4 rings (SSSR count). The van der Waals surface area contributed by atoms with Crippen molar-refractivity contribution in [2.45, 2.75) is 13.3 Å². The van der Waals surface area contributed by atoms with Gasteiger partial charge in [-0.25, -0.2) is 4.39 Å². The number of halogens is 1. The number of carbonyl (C=O) groups is 2. The van der Waals surface area contributed by atoms with Crippen molar-refractivity contribution >= 4 is 28.4 Å². The number of benzene rings is 3. The molecule has 0 saturated heterocycles. The second kappa shape index (κ2) is 11.6. The molecule has 0 unspecified atom stereocenters. The Morgan fingerprint density at radius 1 is 0.921 bits per heavy atom. The summed E-state index contributed by atoms with van der Waals surface area (Å²) in [6.07, 6.45) is 2.13. The summed E-state index contributed by atoms with van der Waals surface area (Å²) < 4.78 is 31.5. The van der Waals surface area contributed by atoms with E-state index in [1.807, 2.05) is 31.2 Å². The summed E-state index contributed by atoms with van der Waals surface area (Å²) in [7, 11) is 4.45. The number of methoxy groups -OCH3 is 2. The number of pyridine rings is 1. The number of aryl methyl sites for hydroxylation is 1. The highest BCUT2D eigenvalue weighted by molar-refractivity contribution is 6.40. The van der Waals surface area contributed by atoms with E-state index < -0.39 is 17.6 Å². The fraction of sp³-hybridized carbons (Fsp3) is 0.207. The third kappa shape index (κ3) is 5.83. The Kier molecular flexibility index (Phi) is 8.06. The van der Waals surface area contributed by atoms with E-state index in [9.17, 15) is 9.59 Å². The molecule has 9 heteroatoms. The summed E-state index contributed by atoms with van der Waals surface area (Å²) in [6, 6.07) is 17.0. The number of aromatic nitrogens is 1. The maximum absolute atomic E-state index is 15.0. The molecule has 1 N–H and O–H groups in total. The monoisotopic (exact) mass is 517 g/mol. The minimum absolute atomic E-state index is 0.0561. The van der Waals surface area contributed by atoms with Gasteiger partial charge in [-0.3, -0.25) is 14.6 Å². The minimum atomic E-state index is -0.803. The highest BCUT2D eigenvalue weighted by Crippen LogP contribution is 2.37. The number of fused-ring (bicyclic) bond motifs is 1. The van der Waals surface area contributed by atoms with Crippen molar-refractivity contribution in [1.29, 1.82) is 0 Å². The molecule has 0 radical (unpaired) electrons. The number of likely N-dealkylation sites (N-methyl/N-ethyl adjacent to an activating group) is 1. The van der Waals surface area contributed by atoms with Crippen molar-refractivity contribution in [2.75, 3.05) is 32.7 Å². The van der Waals surface area contributed by atoms with Gasteiger partial charge in [-0.15, -0.1) is 0 Å². The second-order valence-corrected chi connectivity index (χ2v) is 8.61. The van der Waals surface area contributed by atoms with E-state index in [-0.39, 0.29) is 11.4 Å². The average molecular weight is 518 g/mol. The number of carbonyl (C=O) groups excluding carboxylic acids is 2. The smallest absolute Gasteiger partial charge is 0.316 e. The van der Waals surface area contributed by atoms with Gasteiger partial charge in [0.25, 0.3) is 0 Å². The summed E-state index contributed by atoms with van der Waals surface area (Å²) in [5.41, 5.74) is 2.98. The summed E-state index contributed by atoms with van der Waals surface area (Å²) in [5, 5.41) is 3.22. The molecule has 0 atom stereocenters. The number of amides is 2. The van der Waals surface area contributed by atoms with E-state index in [4.69, 9.17) is 14.2 Å². The second-order valence-electron chi connectivity index (χ2n) is 8.61. The molecule has 0 spiro atoms. The van der Waals surface area contributed by atoms with Gasteiger partial charge in [0.1, 0.15) is 5.75 Å². The first-order valence-electron chi connectivity index (χ1n) is 11.9. The Morgan fingerprint density at radius 3 is 2.32 bits per heavy atom. The van der Waals surface area contributed by atoms with Crippen LogP contribution in [0.5, 0.6) is 23.0 Å². The minimum Gasteiger partial charge on any atom is -0.493 e. The van der Waals surface area contributed by atoms with Crippen LogP contribution < -0.4 is 24.4 Å². The maximum Gasteiger partial charge on any atom is 0.316 e. The lowest BCUT2D eigenvalue weighted by atomic mass is 10.1. The van der Waals surface area contributed by atoms with E-state index in [0.29, 0.717) is 41.1 Å². The molecule has 0 saturated carbocycles. The van der Waals surface area contributed by atoms with Crippen molar-refractivity contribution < 1.29 is 28.2 Å². The molecule has 1 heterocycles. The zero-order valence-electron chi connectivity index (χ0n) is 21.6. The number of nitrogens with one attached hydrogen (secondary N) is 1. The molecule has 0 aliphatic carbocycles. The van der Waals surface area contributed by atoms with Crippen molar-refractivity contribution in [3.05, 3.63) is 83.8 Å². The van der Waals surface area contributed by atoms with E-state index in [1.54, 1.807) is 24.4 Å². The average Bonchev–Trinajstić information content (AvgIpc) is 2.93. The molecule has 38 heavy (non-hydrogen) atoms. The first-order valence-corrected chi connectivity index (χ1v) is 11.9. The van der Waals surface area contributed by atoms with Gasteiger partial charge in [-0.1, -0.05) is 29.8 Å². The zero-order valence-corrected chi connectivity index (χ0v) is 21.6. The summed E-state index contributed by atoms with van der Waals surface area (Å²) >= 11 is 0. The molecular weight excluding hydrogens is 489 g/mol. The van der Waals surface area contributed by atoms with Crippen molar-refractivity contribution in [3.8, 4) is 23.0 Å². The van der Waals surface area contributed by atoms with Gasteiger partial charge in [0.2, 0.25) is 0 Å². The standard InChI is InChI=1S/C29H28FN3O5/c1-18-5-7-19(8-6-18)11-13-32-28(34)29(35)33(2)20-9-10-25(22(30)15-20)38-24-12-14-31-23-17-27(37-4)26(36-3)16-21(23)24/h5-10,12,14-17H,11,13H2,1-4H3,(H,32,34). The molecular formula is C29H28FN3O5. The van der Waals surface area contributed by atoms with Gasteiger partial charge in [0.15, 0.2) is 23.1 Å². The molecule has 2 amide bonds. The number of rotatable bonds is 8. The first kappa shape index (κ1) is 26.4. The quantitative estimate of drug-likeness (QED) is 0.337. The number of nitrogens with zero attached hydrogens (tertiary/aromatic N) is 2. The third-order valence-corrected chi connectivity index (χ3v) is 6.05. The molecule has 0 fully saturated rings. The number of hydrogen-bond acceptors (Lipinski definition) is 6. The Hall–Kier alpha value is -4.66. The number of ether oxygens (including phenoxy) is 3. The van der Waals surface area contributed by atoms with Crippen molar-refractivity contribution in [3.63, 3.8) is 0 Å². The fourth-order valence-electron chi connectivity index (χ4n) is 3.86. The lowest BCUT2D eigenvalue weighted by Gasteiger charge is -2.18. The Morgan fingerprint density at radius 2 is 1.63 bits per heavy atom. The summed E-state index contributed by atoms with van der Waals surface area (Å²) in [4.78, 5) is 30.4. The Bertz CT molecular complexity index is 1470. The van der Waals surface area contributed by atoms with Crippen LogP contribution >= 0.6 is 0 Å². The molecule has 0 aliphatic heterocycles. The normalized spacial score (nSPS) is 10.7. The molecule has 196 valence electrons. The van der Waals surface area contributed by atoms with Gasteiger partial charge in [0, 0.05) is 43.0 Å². The lowest BCUT2D eigenvalue weighted by molar-refractivity contribution is -0.137. The van der Waals surface area contributed by atoms with Crippen molar-refractivity contribution in [1.82, 2.24) is 10.3 Å². The van der Waals surface area contributed by atoms with Crippen LogP contribution in [0, 0.1) is 12.7 Å². The van der Waals surface area contributed by atoms with E-state index in [2.05, 4.69) is 10.3 Å². The van der Waals surface area contributed by atoms with Gasteiger partial charge < -0.3 is 24.4 Å². The number of hydrogen-bond donors (Lipinski definition) is 1. The van der Waals surface area contributed by atoms with E-state index in [0.717, 1.165) is 22.1 Å². The van der Waals surface area contributed by atoms with Gasteiger partial charge in [0.05, 0.1) is 19.7 Å². The lowest BCUT2D eigenvalue weighted by Crippen LogP contribution is -2.41. The van der Waals surface area contributed by atoms with E-state index >= 15 is 4.39 Å². The zero-order chi connectivity index (χ0) is 27.2. The largest absolute Gasteiger partial charge is 0.493 e. The maximum atomic E-state index is 15.0. The Balaban J connectivity index is 1.44. The summed E-state index contributed by atoms with van der Waals surface area (Å²) in [6.45, 7) is 2.30. The predicted molar refractivity (Wildman–Crippen MR) is 143 cm³/mol. The van der Waals surface area contributed by atoms with Crippen LogP contribution in [0.2, 0.25) is 0 Å². The van der Waals surface area contributed by atoms with Crippen LogP contribution in [-0.2, 0) is 16.0 Å². The van der Waals surface area contributed by atoms with Crippen molar-refractivity contribution in [2.24, 2.45) is 0 Å². The highest BCUT2D eigenvalue weighted by Gasteiger charge is 2.21. The predicted octanol–water partition coefficient (Wildman–Crippen LogP) is 4.81. The summed E-state index contributed by atoms with van der Waals surface area (Å²) in [5.74, 6) is -0.985. The van der Waals surface area contributed by atoms with Crippen LogP contribution in [0.1, 0.15) is 11.1 Å². The van der Waals surface area contributed by atoms with Gasteiger partial charge >= 0.3 is 11.8 Å². The van der Waals surface area contributed by atoms with Crippen LogP contribution in [0.4, 0.5) is 10.1 Å². The van der Waals surface area contributed by atoms with Gasteiger partial charge in [-0.05, 0) is 43.2 Å². The fourth-order valence-corrected chi connectivity index (χ4v) is 3.86. The SMILES string of the molecule is COc1cc2nccc(Oc3ccc(N(C)C(=O)C(=O)NCCc4ccc(C)cc4)cc3F)c2cc1OC. The van der Waals surface area contributed by atoms with Crippen LogP contribution in [0.25, 0.3) is 10.9 Å².